The predicted molar refractivity (Wildman–Crippen MR) is 94.7 cm³/mol. The van der Waals surface area contributed by atoms with Crippen LogP contribution in [0.4, 0.5) is 4.79 Å². The van der Waals surface area contributed by atoms with Gasteiger partial charge in [0.05, 0.1) is 22.8 Å². The number of aryl methyl sites for hydroxylation is 1. The van der Waals surface area contributed by atoms with E-state index in [1.165, 1.54) is 0 Å². The number of hydrogen-bond donors (Lipinski definition) is 2. The molecular weight excluding hydrogens is 336 g/mol. The van der Waals surface area contributed by atoms with E-state index in [0.29, 0.717) is 11.2 Å². The highest BCUT2D eigenvalue weighted by molar-refractivity contribution is 7.78. The normalized spacial score (nSPS) is 9.65. The van der Waals surface area contributed by atoms with Crippen molar-refractivity contribution >= 4 is 46.7 Å². The number of ether oxygens (including phenoxy) is 1. The Kier molecular flexibility index (Phi) is 8.10. The Morgan fingerprint density at radius 2 is 2.22 bits per heavy atom. The average molecular weight is 354 g/mol. The number of carbonyl (C=O) groups is 1. The van der Waals surface area contributed by atoms with Crippen molar-refractivity contribution in [1.82, 2.24) is 14.5 Å². The number of unbranched alkanes of at least 4 members (excludes halogenated alkanes) is 1. The molecule has 2 aromatic heterocycles. The average Bonchev–Trinajstić information content (AvgIpc) is 2.98. The van der Waals surface area contributed by atoms with Crippen molar-refractivity contribution in [2.75, 3.05) is 6.61 Å². The molecule has 0 bridgehead atoms. The number of isothiocyanates is 1. The van der Waals surface area contributed by atoms with Gasteiger partial charge in [-0.25, -0.2) is 9.59 Å². The van der Waals surface area contributed by atoms with Crippen LogP contribution in [0, 0.1) is 4.64 Å². The molecule has 0 aromatic carbocycles. The van der Waals surface area contributed by atoms with E-state index in [-0.39, 0.29) is 5.69 Å². The standard InChI is InChI=1S/C10H13N3OS.C4H5NO2S/c1-2-3-6-13-7-4-5-11-8(7)9(15)12-10(13)14;1-2-7-4(6)5-3-8/h4-5,11H,2-3,6H2,1H3,(H,12,14,15);2H2,1H3. The zero-order valence-electron chi connectivity index (χ0n) is 12.9. The molecule has 0 unspecified atom stereocenters. The van der Waals surface area contributed by atoms with E-state index in [9.17, 15) is 9.59 Å². The molecule has 0 aliphatic rings. The highest BCUT2D eigenvalue weighted by Gasteiger charge is 2.04. The third kappa shape index (κ3) is 5.55. The van der Waals surface area contributed by atoms with Crippen LogP contribution in [0.5, 0.6) is 0 Å². The van der Waals surface area contributed by atoms with Crippen molar-refractivity contribution in [1.29, 1.82) is 0 Å². The van der Waals surface area contributed by atoms with E-state index in [4.69, 9.17) is 12.2 Å². The molecule has 0 saturated heterocycles. The maximum Gasteiger partial charge on any atom is 0.442 e. The summed E-state index contributed by atoms with van der Waals surface area (Å²) in [6.45, 7) is 4.84. The fraction of sp³-hybridized carbons (Fsp3) is 0.429. The zero-order valence-corrected chi connectivity index (χ0v) is 14.6. The Hall–Kier alpha value is -2.09. The van der Waals surface area contributed by atoms with Gasteiger partial charge in [-0.1, -0.05) is 25.6 Å². The van der Waals surface area contributed by atoms with Gasteiger partial charge in [0, 0.05) is 12.7 Å². The van der Waals surface area contributed by atoms with Gasteiger partial charge in [-0.3, -0.25) is 9.55 Å². The van der Waals surface area contributed by atoms with Crippen molar-refractivity contribution < 1.29 is 9.53 Å². The van der Waals surface area contributed by atoms with Crippen LogP contribution in [0.1, 0.15) is 26.7 Å². The van der Waals surface area contributed by atoms with Gasteiger partial charge in [-0.2, -0.15) is 0 Å². The fourth-order valence-corrected chi connectivity index (χ4v) is 2.16. The van der Waals surface area contributed by atoms with E-state index < -0.39 is 6.09 Å². The van der Waals surface area contributed by atoms with Gasteiger partial charge in [0.25, 0.3) is 0 Å². The molecule has 7 nitrogen and oxygen atoms in total. The molecule has 0 saturated carbocycles. The molecule has 2 rings (SSSR count). The van der Waals surface area contributed by atoms with Crippen molar-refractivity contribution in [3.63, 3.8) is 0 Å². The number of aliphatic imine (C=N–C) groups is 1. The van der Waals surface area contributed by atoms with Crippen LogP contribution in [0.3, 0.4) is 0 Å². The second-order valence-electron chi connectivity index (χ2n) is 4.40. The maximum atomic E-state index is 11.7. The topological polar surface area (TPSA) is 92.2 Å². The maximum absolute atomic E-state index is 11.7. The molecule has 9 heteroatoms. The molecule has 0 atom stereocenters. The summed E-state index contributed by atoms with van der Waals surface area (Å²) in [6, 6.07) is 1.88. The van der Waals surface area contributed by atoms with E-state index in [2.05, 4.69) is 38.8 Å². The SMILES string of the molecule is CCCCn1c(=O)[nH]c(=S)c2[nH]ccc21.CCOC(=O)N=C=S. The van der Waals surface area contributed by atoms with Crippen molar-refractivity contribution in [2.24, 2.45) is 4.99 Å². The van der Waals surface area contributed by atoms with Gasteiger partial charge in [0.15, 0.2) is 0 Å². The van der Waals surface area contributed by atoms with Crippen LogP contribution in [0.25, 0.3) is 11.0 Å². The lowest BCUT2D eigenvalue weighted by Crippen LogP contribution is -2.23. The van der Waals surface area contributed by atoms with Gasteiger partial charge in [-0.05, 0) is 31.6 Å². The van der Waals surface area contributed by atoms with Crippen LogP contribution in [0.15, 0.2) is 22.1 Å². The molecular formula is C14H18N4O3S2. The number of aromatic amines is 2. The molecule has 2 heterocycles. The first-order valence-electron chi connectivity index (χ1n) is 7.09. The second kappa shape index (κ2) is 9.83. The first-order valence-corrected chi connectivity index (χ1v) is 7.91. The molecule has 2 aromatic rings. The second-order valence-corrected chi connectivity index (χ2v) is 5.00. The van der Waals surface area contributed by atoms with Gasteiger partial charge in [0.2, 0.25) is 0 Å². The quantitative estimate of drug-likeness (QED) is 0.648. The van der Waals surface area contributed by atoms with Crippen LogP contribution < -0.4 is 5.69 Å². The Labute approximate surface area is 143 Å². The summed E-state index contributed by atoms with van der Waals surface area (Å²) in [5.74, 6) is 0. The van der Waals surface area contributed by atoms with Crippen LogP contribution in [-0.2, 0) is 11.3 Å². The number of aromatic nitrogens is 3. The Balaban J connectivity index is 0.000000284. The largest absolute Gasteiger partial charge is 0.448 e. The van der Waals surface area contributed by atoms with Crippen LogP contribution in [0.2, 0.25) is 0 Å². The fourth-order valence-electron chi connectivity index (χ4n) is 1.84. The molecule has 0 spiro atoms. The van der Waals surface area contributed by atoms with Gasteiger partial charge in [-0.15, -0.1) is 4.99 Å². The van der Waals surface area contributed by atoms with E-state index in [1.54, 1.807) is 17.7 Å². The number of H-pyrrole nitrogens is 2. The third-order valence-electron chi connectivity index (χ3n) is 2.85. The lowest BCUT2D eigenvalue weighted by atomic mass is 10.3. The van der Waals surface area contributed by atoms with Crippen LogP contribution >= 0.6 is 24.4 Å². The zero-order chi connectivity index (χ0) is 17.2. The van der Waals surface area contributed by atoms with Gasteiger partial charge >= 0.3 is 11.8 Å². The number of amides is 1. The number of nitrogens with one attached hydrogen (secondary N) is 2. The minimum Gasteiger partial charge on any atom is -0.448 e. The number of rotatable bonds is 4. The summed E-state index contributed by atoms with van der Waals surface area (Å²) in [6.07, 6.45) is 3.18. The lowest BCUT2D eigenvalue weighted by molar-refractivity contribution is 0.164. The molecule has 0 aliphatic heterocycles. The molecule has 23 heavy (non-hydrogen) atoms. The summed E-state index contributed by atoms with van der Waals surface area (Å²) in [7, 11) is 0. The summed E-state index contributed by atoms with van der Waals surface area (Å²) >= 11 is 9.19. The lowest BCUT2D eigenvalue weighted by Gasteiger charge is -2.05. The third-order valence-corrected chi connectivity index (χ3v) is 3.25. The monoisotopic (exact) mass is 354 g/mol. The van der Waals surface area contributed by atoms with E-state index in [1.807, 2.05) is 11.2 Å². The van der Waals surface area contributed by atoms with E-state index in [0.717, 1.165) is 30.4 Å². The first-order chi connectivity index (χ1) is 11.0. The molecule has 1 amide bonds. The summed E-state index contributed by atoms with van der Waals surface area (Å²) in [4.78, 5) is 30.5. The molecule has 0 fully saturated rings. The molecule has 0 radical (unpaired) electrons. The van der Waals surface area contributed by atoms with Crippen LogP contribution in [-0.4, -0.2) is 32.4 Å². The Morgan fingerprint density at radius 1 is 1.48 bits per heavy atom. The van der Waals surface area contributed by atoms with Gasteiger partial charge < -0.3 is 9.72 Å². The minimum atomic E-state index is -0.678. The summed E-state index contributed by atoms with van der Waals surface area (Å²) in [5, 5.41) is 1.89. The number of hydrogen-bond acceptors (Lipinski definition) is 5. The highest BCUT2D eigenvalue weighted by Crippen LogP contribution is 2.10. The number of thiocarbonyl (C=S) groups is 1. The molecule has 2 N–H and O–H groups in total. The smallest absolute Gasteiger partial charge is 0.442 e. The number of nitrogens with zero attached hydrogens (tertiary/aromatic N) is 2. The van der Waals surface area contributed by atoms with Crippen molar-refractivity contribution in [3.8, 4) is 0 Å². The highest BCUT2D eigenvalue weighted by atomic mass is 32.1. The first kappa shape index (κ1) is 19.0. The predicted octanol–water partition coefficient (Wildman–Crippen LogP) is 3.43. The van der Waals surface area contributed by atoms with E-state index >= 15 is 0 Å². The van der Waals surface area contributed by atoms with Gasteiger partial charge in [0.1, 0.15) is 4.64 Å². The van der Waals surface area contributed by atoms with Crippen molar-refractivity contribution in [3.05, 3.63) is 27.4 Å². The number of fused-ring (bicyclic) bond motifs is 1. The number of carbonyl (C=O) groups excluding carboxylic acids is 1. The summed E-state index contributed by atoms with van der Waals surface area (Å²) < 4.78 is 6.55. The molecule has 0 aliphatic carbocycles. The minimum absolute atomic E-state index is 0.124. The Morgan fingerprint density at radius 3 is 2.83 bits per heavy atom. The van der Waals surface area contributed by atoms with Crippen molar-refractivity contribution in [2.45, 2.75) is 33.2 Å². The summed E-state index contributed by atoms with van der Waals surface area (Å²) in [5.41, 5.74) is 1.60. The molecule has 124 valence electrons. The Bertz CT molecular complexity index is 815.